The number of benzene rings is 2. The van der Waals surface area contributed by atoms with Crippen LogP contribution in [0.3, 0.4) is 0 Å². The van der Waals surface area contributed by atoms with Crippen LogP contribution in [-0.2, 0) is 6.42 Å². The van der Waals surface area contributed by atoms with Crippen molar-refractivity contribution in [2.24, 2.45) is 5.92 Å². The summed E-state index contributed by atoms with van der Waals surface area (Å²) in [6.45, 7) is 6.04. The summed E-state index contributed by atoms with van der Waals surface area (Å²) in [5, 5.41) is 23.0. The first-order valence-electron chi connectivity index (χ1n) is 8.97. The lowest BCUT2D eigenvalue weighted by Gasteiger charge is -2.09. The van der Waals surface area contributed by atoms with Gasteiger partial charge in [-0.25, -0.2) is 0 Å². The van der Waals surface area contributed by atoms with Crippen LogP contribution < -0.4 is 5.32 Å². The molecule has 1 heterocycles. The fourth-order valence-corrected chi connectivity index (χ4v) is 3.12. The van der Waals surface area contributed by atoms with Crippen LogP contribution in [0.4, 0.5) is 5.69 Å². The van der Waals surface area contributed by atoms with Gasteiger partial charge in [0.2, 0.25) is 5.88 Å². The van der Waals surface area contributed by atoms with Crippen molar-refractivity contribution in [3.05, 3.63) is 65.4 Å². The molecule has 27 heavy (non-hydrogen) atoms. The molecule has 0 aliphatic rings. The van der Waals surface area contributed by atoms with Crippen molar-refractivity contribution in [3.8, 4) is 22.8 Å². The third kappa shape index (κ3) is 3.97. The van der Waals surface area contributed by atoms with Gasteiger partial charge in [-0.15, -0.1) is 0 Å². The van der Waals surface area contributed by atoms with Crippen molar-refractivity contribution in [1.82, 2.24) is 4.98 Å². The molecule has 3 rings (SSSR count). The molecule has 4 N–H and O–H groups in total. The van der Waals surface area contributed by atoms with Crippen LogP contribution in [0.25, 0.3) is 11.1 Å². The topological polar surface area (TPSA) is 85.4 Å². The van der Waals surface area contributed by atoms with Gasteiger partial charge in [-0.2, -0.15) is 0 Å². The molecule has 0 unspecified atom stereocenters. The average Bonchev–Trinajstić information content (AvgIpc) is 2.89. The number of H-pyrrole nitrogens is 1. The first-order chi connectivity index (χ1) is 12.9. The van der Waals surface area contributed by atoms with Crippen molar-refractivity contribution in [2.75, 3.05) is 5.32 Å². The Morgan fingerprint density at radius 1 is 1.07 bits per heavy atom. The van der Waals surface area contributed by atoms with Gasteiger partial charge in [0.1, 0.15) is 5.56 Å². The number of aromatic amines is 1. The number of rotatable bonds is 5. The number of aromatic nitrogens is 1. The third-order valence-corrected chi connectivity index (χ3v) is 4.47. The zero-order chi connectivity index (χ0) is 19.6. The van der Waals surface area contributed by atoms with Crippen LogP contribution in [0, 0.1) is 12.8 Å². The maximum atomic E-state index is 12.5. The van der Waals surface area contributed by atoms with E-state index < -0.39 is 5.91 Å². The summed E-state index contributed by atoms with van der Waals surface area (Å²) in [7, 11) is 0. The second-order valence-electron chi connectivity index (χ2n) is 7.12. The Morgan fingerprint density at radius 3 is 2.37 bits per heavy atom. The van der Waals surface area contributed by atoms with Crippen LogP contribution in [-0.4, -0.2) is 21.1 Å². The SMILES string of the molecule is Cc1ccccc1-c1ccc(NC(=O)c2c(O)[nH]c(CC(C)C)c2O)cc1. The highest BCUT2D eigenvalue weighted by Crippen LogP contribution is 2.33. The Morgan fingerprint density at radius 2 is 1.74 bits per heavy atom. The summed E-state index contributed by atoms with van der Waals surface area (Å²) in [5.41, 5.74) is 4.28. The summed E-state index contributed by atoms with van der Waals surface area (Å²) >= 11 is 0. The molecule has 5 heteroatoms. The van der Waals surface area contributed by atoms with Gasteiger partial charge in [0.15, 0.2) is 5.75 Å². The molecule has 5 nitrogen and oxygen atoms in total. The molecule has 1 aromatic heterocycles. The van der Waals surface area contributed by atoms with Crippen LogP contribution in [0.2, 0.25) is 0 Å². The minimum absolute atomic E-state index is 0.131. The van der Waals surface area contributed by atoms with Crippen molar-refractivity contribution >= 4 is 11.6 Å². The maximum absolute atomic E-state index is 12.5. The largest absolute Gasteiger partial charge is 0.505 e. The predicted molar refractivity (Wildman–Crippen MR) is 107 cm³/mol. The minimum atomic E-state index is -0.556. The van der Waals surface area contributed by atoms with E-state index in [0.717, 1.165) is 11.1 Å². The van der Waals surface area contributed by atoms with Crippen LogP contribution in [0.1, 0.15) is 35.5 Å². The number of anilines is 1. The van der Waals surface area contributed by atoms with Gasteiger partial charge < -0.3 is 20.5 Å². The van der Waals surface area contributed by atoms with E-state index in [2.05, 4.69) is 29.4 Å². The van der Waals surface area contributed by atoms with Crippen molar-refractivity contribution in [3.63, 3.8) is 0 Å². The molecule has 0 aliphatic heterocycles. The summed E-state index contributed by atoms with van der Waals surface area (Å²) in [6.07, 6.45) is 0.539. The Bertz CT molecular complexity index is 956. The van der Waals surface area contributed by atoms with Gasteiger partial charge in [0, 0.05) is 5.69 Å². The first kappa shape index (κ1) is 18.6. The molecule has 0 aliphatic carbocycles. The zero-order valence-corrected chi connectivity index (χ0v) is 15.7. The van der Waals surface area contributed by atoms with E-state index in [1.165, 1.54) is 5.56 Å². The van der Waals surface area contributed by atoms with Gasteiger partial charge in [0.25, 0.3) is 5.91 Å². The number of hydrogen-bond donors (Lipinski definition) is 4. The maximum Gasteiger partial charge on any atom is 0.264 e. The minimum Gasteiger partial charge on any atom is -0.505 e. The van der Waals surface area contributed by atoms with Gasteiger partial charge in [-0.05, 0) is 48.1 Å². The summed E-state index contributed by atoms with van der Waals surface area (Å²) in [4.78, 5) is 15.2. The summed E-state index contributed by atoms with van der Waals surface area (Å²) < 4.78 is 0. The Balaban J connectivity index is 1.79. The van der Waals surface area contributed by atoms with E-state index in [9.17, 15) is 15.0 Å². The molecule has 140 valence electrons. The Labute approximate surface area is 158 Å². The number of hydrogen-bond acceptors (Lipinski definition) is 3. The van der Waals surface area contributed by atoms with E-state index in [0.29, 0.717) is 17.8 Å². The normalized spacial score (nSPS) is 11.0. The lowest BCUT2D eigenvalue weighted by atomic mass is 10.0. The Hall–Kier alpha value is -3.21. The molecule has 3 aromatic rings. The van der Waals surface area contributed by atoms with Crippen LogP contribution in [0.15, 0.2) is 48.5 Å². The fraction of sp³-hybridized carbons (Fsp3) is 0.227. The second kappa shape index (κ2) is 7.58. The predicted octanol–water partition coefficient (Wildman–Crippen LogP) is 4.85. The van der Waals surface area contributed by atoms with Gasteiger partial charge in [-0.3, -0.25) is 4.79 Å². The molecule has 2 aromatic carbocycles. The third-order valence-electron chi connectivity index (χ3n) is 4.47. The van der Waals surface area contributed by atoms with E-state index in [-0.39, 0.29) is 23.1 Å². The standard InChI is InChI=1S/C22H24N2O3/c1-13(2)12-18-20(25)19(22(27)24-18)21(26)23-16-10-8-15(9-11-16)17-7-5-4-6-14(17)3/h4-11,13,24-25,27H,12H2,1-3H3,(H,23,26). The number of carbonyl (C=O) groups excluding carboxylic acids is 1. The fourth-order valence-electron chi connectivity index (χ4n) is 3.12. The molecule has 0 radical (unpaired) electrons. The van der Waals surface area contributed by atoms with Crippen molar-refractivity contribution in [1.29, 1.82) is 0 Å². The highest BCUT2D eigenvalue weighted by atomic mass is 16.3. The Kier molecular flexibility index (Phi) is 5.21. The molecule has 1 amide bonds. The van der Waals surface area contributed by atoms with E-state index in [4.69, 9.17) is 0 Å². The number of carbonyl (C=O) groups is 1. The molecule has 0 atom stereocenters. The summed E-state index contributed by atoms with van der Waals surface area (Å²) in [6, 6.07) is 15.6. The highest BCUT2D eigenvalue weighted by molar-refractivity contribution is 6.08. The lowest BCUT2D eigenvalue weighted by Crippen LogP contribution is -2.11. The zero-order valence-electron chi connectivity index (χ0n) is 15.7. The number of nitrogens with one attached hydrogen (secondary N) is 2. The molecule has 0 fully saturated rings. The smallest absolute Gasteiger partial charge is 0.264 e. The monoisotopic (exact) mass is 364 g/mol. The van der Waals surface area contributed by atoms with Gasteiger partial charge >= 0.3 is 0 Å². The lowest BCUT2D eigenvalue weighted by molar-refractivity contribution is 0.102. The van der Waals surface area contributed by atoms with Crippen molar-refractivity contribution in [2.45, 2.75) is 27.2 Å². The van der Waals surface area contributed by atoms with E-state index in [1.807, 2.05) is 38.1 Å². The van der Waals surface area contributed by atoms with E-state index in [1.54, 1.807) is 12.1 Å². The molecule has 0 saturated carbocycles. The molecular formula is C22H24N2O3. The number of amides is 1. The van der Waals surface area contributed by atoms with Gasteiger partial charge in [0.05, 0.1) is 5.69 Å². The van der Waals surface area contributed by atoms with Crippen molar-refractivity contribution < 1.29 is 15.0 Å². The molecular weight excluding hydrogens is 340 g/mol. The molecule has 0 spiro atoms. The van der Waals surface area contributed by atoms with Gasteiger partial charge in [-0.1, -0.05) is 50.2 Å². The summed E-state index contributed by atoms with van der Waals surface area (Å²) in [5.74, 6) is -0.800. The van der Waals surface area contributed by atoms with Crippen LogP contribution >= 0.6 is 0 Å². The highest BCUT2D eigenvalue weighted by Gasteiger charge is 2.23. The van der Waals surface area contributed by atoms with Crippen LogP contribution in [0.5, 0.6) is 11.6 Å². The average molecular weight is 364 g/mol. The molecule has 0 bridgehead atoms. The number of aromatic hydroxyl groups is 2. The van der Waals surface area contributed by atoms with E-state index >= 15 is 0 Å². The number of aryl methyl sites for hydroxylation is 1. The molecule has 0 saturated heterocycles. The quantitative estimate of drug-likeness (QED) is 0.522. The second-order valence-corrected chi connectivity index (χ2v) is 7.12. The first-order valence-corrected chi connectivity index (χ1v) is 8.97.